The average molecular weight is 266 g/mol. The van der Waals surface area contributed by atoms with E-state index < -0.39 is 12.2 Å². The van der Waals surface area contributed by atoms with Crippen LogP contribution in [0.5, 0.6) is 0 Å². The van der Waals surface area contributed by atoms with Crippen LogP contribution in [0.4, 0.5) is 0 Å². The highest BCUT2D eigenvalue weighted by Gasteiger charge is 2.19. The van der Waals surface area contributed by atoms with Crippen molar-refractivity contribution in [1.29, 1.82) is 0 Å². The molecule has 3 atom stereocenters. The molecule has 2 N–H and O–H groups in total. The molecular weight excluding hydrogens is 240 g/mol. The summed E-state index contributed by atoms with van der Waals surface area (Å²) in [6, 6.07) is 9.57. The number of aliphatic hydroxyl groups excluding tert-OH is 2. The fraction of sp³-hybridized carbons (Fsp3) is 0.625. The fourth-order valence-corrected chi connectivity index (χ4v) is 2.07. The summed E-state index contributed by atoms with van der Waals surface area (Å²) in [5, 5.41) is 20.1. The van der Waals surface area contributed by atoms with Crippen molar-refractivity contribution >= 4 is 0 Å². The van der Waals surface area contributed by atoms with Gasteiger partial charge in [-0.3, -0.25) is 0 Å². The highest BCUT2D eigenvalue weighted by molar-refractivity contribution is 5.17. The summed E-state index contributed by atoms with van der Waals surface area (Å²) in [6.07, 6.45) is 1.62. The van der Waals surface area contributed by atoms with Gasteiger partial charge >= 0.3 is 0 Å². The molecule has 3 nitrogen and oxygen atoms in total. The molecule has 0 aliphatic rings. The standard InChI is InChI=1S/C16H26O3/c1-3-4-10-19-12-15(17)11-13(2)16(18)14-8-6-5-7-9-14/h5-9,13,15-18H,3-4,10-12H2,1-2H3. The van der Waals surface area contributed by atoms with Gasteiger partial charge in [0, 0.05) is 6.61 Å². The number of unbranched alkanes of at least 4 members (excludes halogenated alkanes) is 1. The van der Waals surface area contributed by atoms with Gasteiger partial charge in [-0.1, -0.05) is 50.6 Å². The van der Waals surface area contributed by atoms with E-state index in [0.29, 0.717) is 19.6 Å². The molecule has 108 valence electrons. The molecule has 0 bridgehead atoms. The Bertz CT molecular complexity index is 326. The third-order valence-electron chi connectivity index (χ3n) is 3.28. The van der Waals surface area contributed by atoms with Crippen LogP contribution >= 0.6 is 0 Å². The van der Waals surface area contributed by atoms with Crippen molar-refractivity contribution in [3.63, 3.8) is 0 Å². The number of benzene rings is 1. The van der Waals surface area contributed by atoms with E-state index in [1.54, 1.807) is 0 Å². The molecule has 0 spiro atoms. The van der Waals surface area contributed by atoms with Crippen molar-refractivity contribution in [3.8, 4) is 0 Å². The van der Waals surface area contributed by atoms with Crippen LogP contribution < -0.4 is 0 Å². The van der Waals surface area contributed by atoms with E-state index >= 15 is 0 Å². The zero-order valence-corrected chi connectivity index (χ0v) is 12.0. The Morgan fingerprint density at radius 1 is 1.16 bits per heavy atom. The topological polar surface area (TPSA) is 49.7 Å². The van der Waals surface area contributed by atoms with Crippen molar-refractivity contribution in [1.82, 2.24) is 0 Å². The van der Waals surface area contributed by atoms with Crippen molar-refractivity contribution in [2.24, 2.45) is 5.92 Å². The number of aliphatic hydroxyl groups is 2. The molecular formula is C16H26O3. The van der Waals surface area contributed by atoms with E-state index in [0.717, 1.165) is 18.4 Å². The summed E-state index contributed by atoms with van der Waals surface area (Å²) in [4.78, 5) is 0. The lowest BCUT2D eigenvalue weighted by atomic mass is 9.92. The lowest BCUT2D eigenvalue weighted by Crippen LogP contribution is -2.22. The van der Waals surface area contributed by atoms with Crippen LogP contribution in [0.2, 0.25) is 0 Å². The van der Waals surface area contributed by atoms with Gasteiger partial charge in [-0.2, -0.15) is 0 Å². The maximum Gasteiger partial charge on any atom is 0.0816 e. The summed E-state index contributed by atoms with van der Waals surface area (Å²) in [6.45, 7) is 5.11. The third kappa shape index (κ3) is 6.19. The highest BCUT2D eigenvalue weighted by Crippen LogP contribution is 2.25. The van der Waals surface area contributed by atoms with Crippen LogP contribution in [0.1, 0.15) is 44.8 Å². The largest absolute Gasteiger partial charge is 0.391 e. The Balaban J connectivity index is 2.31. The van der Waals surface area contributed by atoms with Crippen LogP contribution in [-0.2, 0) is 4.74 Å². The smallest absolute Gasteiger partial charge is 0.0816 e. The first kappa shape index (κ1) is 16.2. The van der Waals surface area contributed by atoms with Gasteiger partial charge in [0.1, 0.15) is 0 Å². The Kier molecular flexibility index (Phi) is 7.72. The average Bonchev–Trinajstić information content (AvgIpc) is 2.43. The maximum absolute atomic E-state index is 10.2. The Hall–Kier alpha value is -0.900. The van der Waals surface area contributed by atoms with E-state index in [1.165, 1.54) is 0 Å². The first-order valence-corrected chi connectivity index (χ1v) is 7.14. The van der Waals surface area contributed by atoms with Crippen LogP contribution in [-0.4, -0.2) is 29.5 Å². The lowest BCUT2D eigenvalue weighted by Gasteiger charge is -2.22. The molecule has 3 unspecified atom stereocenters. The second kappa shape index (κ2) is 9.08. The highest BCUT2D eigenvalue weighted by atomic mass is 16.5. The minimum atomic E-state index is -0.536. The van der Waals surface area contributed by atoms with Crippen LogP contribution in [0, 0.1) is 5.92 Å². The van der Waals surface area contributed by atoms with E-state index in [-0.39, 0.29) is 5.92 Å². The molecule has 1 aromatic rings. The van der Waals surface area contributed by atoms with Gasteiger partial charge in [0.05, 0.1) is 18.8 Å². The van der Waals surface area contributed by atoms with Gasteiger partial charge in [-0.25, -0.2) is 0 Å². The Labute approximate surface area is 116 Å². The quantitative estimate of drug-likeness (QED) is 0.676. The molecule has 0 radical (unpaired) electrons. The summed E-state index contributed by atoms with van der Waals surface area (Å²) >= 11 is 0. The summed E-state index contributed by atoms with van der Waals surface area (Å²) < 4.78 is 5.39. The minimum absolute atomic E-state index is 0.00664. The molecule has 0 amide bonds. The SMILES string of the molecule is CCCCOCC(O)CC(C)C(O)c1ccccc1. The first-order valence-electron chi connectivity index (χ1n) is 7.14. The van der Waals surface area contributed by atoms with Crippen LogP contribution in [0.3, 0.4) is 0 Å². The Morgan fingerprint density at radius 2 is 1.84 bits per heavy atom. The predicted octanol–water partition coefficient (Wildman–Crippen LogP) is 2.92. The molecule has 0 aromatic heterocycles. The summed E-state index contributed by atoms with van der Waals surface area (Å²) in [5.74, 6) is 0.00664. The molecule has 0 aliphatic heterocycles. The molecule has 1 rings (SSSR count). The number of rotatable bonds is 9. The van der Waals surface area contributed by atoms with E-state index in [9.17, 15) is 10.2 Å². The van der Waals surface area contributed by atoms with Crippen molar-refractivity contribution in [3.05, 3.63) is 35.9 Å². The van der Waals surface area contributed by atoms with E-state index in [4.69, 9.17) is 4.74 Å². The normalized spacial score (nSPS) is 16.0. The minimum Gasteiger partial charge on any atom is -0.391 e. The molecule has 1 aromatic carbocycles. The van der Waals surface area contributed by atoms with E-state index in [2.05, 4.69) is 6.92 Å². The maximum atomic E-state index is 10.2. The van der Waals surface area contributed by atoms with E-state index in [1.807, 2.05) is 37.3 Å². The predicted molar refractivity (Wildman–Crippen MR) is 76.9 cm³/mol. The van der Waals surface area contributed by atoms with Gasteiger partial charge in [0.15, 0.2) is 0 Å². The first-order chi connectivity index (χ1) is 9.15. The van der Waals surface area contributed by atoms with Gasteiger partial charge in [-0.05, 0) is 24.3 Å². The number of hydrogen-bond acceptors (Lipinski definition) is 3. The molecule has 0 fully saturated rings. The van der Waals surface area contributed by atoms with Crippen molar-refractivity contribution in [2.45, 2.75) is 45.3 Å². The van der Waals surface area contributed by atoms with Gasteiger partial charge in [0.2, 0.25) is 0 Å². The molecule has 0 heterocycles. The van der Waals surface area contributed by atoms with Crippen LogP contribution in [0.15, 0.2) is 30.3 Å². The number of hydrogen-bond donors (Lipinski definition) is 2. The zero-order valence-electron chi connectivity index (χ0n) is 12.0. The lowest BCUT2D eigenvalue weighted by molar-refractivity contribution is 0.00717. The second-order valence-electron chi connectivity index (χ2n) is 5.15. The number of ether oxygens (including phenoxy) is 1. The van der Waals surface area contributed by atoms with Crippen molar-refractivity contribution in [2.75, 3.05) is 13.2 Å². The summed E-state index contributed by atoms with van der Waals surface area (Å²) in [7, 11) is 0. The third-order valence-corrected chi connectivity index (χ3v) is 3.28. The Morgan fingerprint density at radius 3 is 2.47 bits per heavy atom. The molecule has 0 saturated heterocycles. The molecule has 3 heteroatoms. The van der Waals surface area contributed by atoms with Crippen LogP contribution in [0.25, 0.3) is 0 Å². The molecule has 0 aliphatic carbocycles. The zero-order chi connectivity index (χ0) is 14.1. The second-order valence-corrected chi connectivity index (χ2v) is 5.15. The fourth-order valence-electron chi connectivity index (χ4n) is 2.07. The molecule has 19 heavy (non-hydrogen) atoms. The van der Waals surface area contributed by atoms with Gasteiger partial charge < -0.3 is 14.9 Å². The van der Waals surface area contributed by atoms with Gasteiger partial charge in [0.25, 0.3) is 0 Å². The monoisotopic (exact) mass is 266 g/mol. The van der Waals surface area contributed by atoms with Gasteiger partial charge in [-0.15, -0.1) is 0 Å². The van der Waals surface area contributed by atoms with Crippen molar-refractivity contribution < 1.29 is 14.9 Å². The summed E-state index contributed by atoms with van der Waals surface area (Å²) in [5.41, 5.74) is 0.897. The molecule has 0 saturated carbocycles.